The van der Waals surface area contributed by atoms with E-state index < -0.39 is 5.60 Å². The summed E-state index contributed by atoms with van der Waals surface area (Å²) in [6.07, 6.45) is 10.7. The maximum atomic E-state index is 11.6. The van der Waals surface area contributed by atoms with Gasteiger partial charge in [0, 0.05) is 19.4 Å². The summed E-state index contributed by atoms with van der Waals surface area (Å²) in [7, 11) is 0. The van der Waals surface area contributed by atoms with E-state index in [1.54, 1.807) is 0 Å². The second kappa shape index (κ2) is 6.92. The van der Waals surface area contributed by atoms with Crippen molar-refractivity contribution in [3.8, 4) is 0 Å². The van der Waals surface area contributed by atoms with Gasteiger partial charge in [0.25, 0.3) is 0 Å². The second-order valence-electron chi connectivity index (χ2n) is 11.8. The average Bonchev–Trinajstić information content (AvgIpc) is 3.24. The number of fused-ring (bicyclic) bond motifs is 5. The highest BCUT2D eigenvalue weighted by Crippen LogP contribution is 2.70. The molecule has 1 saturated heterocycles. The Morgan fingerprint density at radius 2 is 1.66 bits per heavy atom. The fraction of sp³-hybridized carbons (Fsp3) is 1.00. The highest BCUT2D eigenvalue weighted by Gasteiger charge is 2.66. The van der Waals surface area contributed by atoms with Crippen LogP contribution in [0.15, 0.2) is 0 Å². The molecule has 0 amide bonds. The quantitative estimate of drug-likeness (QED) is 0.723. The van der Waals surface area contributed by atoms with E-state index in [1.165, 1.54) is 25.7 Å². The summed E-state index contributed by atoms with van der Waals surface area (Å²) in [6, 6.07) is 0. The molecule has 29 heavy (non-hydrogen) atoms. The van der Waals surface area contributed by atoms with Crippen molar-refractivity contribution < 1.29 is 19.7 Å². The molecule has 4 aliphatic carbocycles. The maximum absolute atomic E-state index is 11.6. The molecule has 0 bridgehead atoms. The molecule has 0 radical (unpaired) electrons. The zero-order chi connectivity index (χ0) is 20.5. The van der Waals surface area contributed by atoms with Gasteiger partial charge in [0.05, 0.1) is 18.8 Å². The van der Waals surface area contributed by atoms with Gasteiger partial charge in [-0.15, -0.1) is 0 Å². The van der Waals surface area contributed by atoms with Crippen LogP contribution in [-0.4, -0.2) is 41.4 Å². The molecule has 5 fully saturated rings. The molecule has 4 saturated carbocycles. The minimum atomic E-state index is -0.573. The van der Waals surface area contributed by atoms with Gasteiger partial charge in [-0.3, -0.25) is 0 Å². The molecule has 0 aromatic carbocycles. The number of ether oxygens (including phenoxy) is 2. The zero-order valence-electron chi connectivity index (χ0n) is 18.8. The van der Waals surface area contributed by atoms with Crippen LogP contribution in [0.4, 0.5) is 0 Å². The van der Waals surface area contributed by atoms with Gasteiger partial charge in [-0.1, -0.05) is 20.8 Å². The van der Waals surface area contributed by atoms with E-state index in [1.807, 2.05) is 0 Å². The van der Waals surface area contributed by atoms with Gasteiger partial charge in [-0.25, -0.2) is 0 Å². The van der Waals surface area contributed by atoms with E-state index in [0.717, 1.165) is 63.6 Å². The van der Waals surface area contributed by atoms with E-state index >= 15 is 0 Å². The topological polar surface area (TPSA) is 58.9 Å². The Bertz CT molecular complexity index is 630. The molecule has 4 heteroatoms. The van der Waals surface area contributed by atoms with Crippen molar-refractivity contribution in [2.45, 2.75) is 96.4 Å². The number of hydrogen-bond donors (Lipinski definition) is 2. The SMILES string of the molecule is C[C@H]1CC2(C[C@@H]3CC[C@@H]4[C@H](CC[C@@]5(C)[C@H]4CC[C@@]5(O)CCCO)[C@]31C)OCCO2. The first-order valence-corrected chi connectivity index (χ1v) is 12.4. The third-order valence-corrected chi connectivity index (χ3v) is 11.1. The van der Waals surface area contributed by atoms with E-state index in [9.17, 15) is 10.2 Å². The lowest BCUT2D eigenvalue weighted by Crippen LogP contribution is -2.60. The Morgan fingerprint density at radius 3 is 2.38 bits per heavy atom. The Hall–Kier alpha value is -0.160. The Balaban J connectivity index is 1.40. The van der Waals surface area contributed by atoms with Crippen LogP contribution >= 0.6 is 0 Å². The summed E-state index contributed by atoms with van der Waals surface area (Å²) in [5, 5.41) is 21.0. The normalized spacial score (nSPS) is 53.5. The molecule has 0 aromatic heterocycles. The minimum Gasteiger partial charge on any atom is -0.396 e. The molecular weight excluding hydrogens is 364 g/mol. The van der Waals surface area contributed by atoms with Crippen LogP contribution in [0.3, 0.4) is 0 Å². The number of rotatable bonds is 3. The summed E-state index contributed by atoms with van der Waals surface area (Å²) in [4.78, 5) is 0. The predicted octanol–water partition coefficient (Wildman–Crippen LogP) is 4.52. The summed E-state index contributed by atoms with van der Waals surface area (Å²) in [5.41, 5.74) is -0.170. The van der Waals surface area contributed by atoms with E-state index in [2.05, 4.69) is 20.8 Å². The lowest BCUT2D eigenvalue weighted by atomic mass is 9.42. The Labute approximate surface area is 176 Å². The van der Waals surface area contributed by atoms with E-state index in [-0.39, 0.29) is 17.8 Å². The Kier molecular flexibility index (Phi) is 4.94. The molecule has 4 nitrogen and oxygen atoms in total. The molecule has 5 rings (SSSR count). The van der Waals surface area contributed by atoms with Crippen molar-refractivity contribution >= 4 is 0 Å². The number of aliphatic hydroxyl groups is 2. The van der Waals surface area contributed by atoms with Crippen molar-refractivity contribution in [1.82, 2.24) is 0 Å². The van der Waals surface area contributed by atoms with Crippen LogP contribution in [0.25, 0.3) is 0 Å². The van der Waals surface area contributed by atoms with Gasteiger partial charge in [-0.05, 0) is 91.8 Å². The standard InChI is InChI=1S/C25H42O4/c1-17-15-25(28-13-14-29-25)16-18-5-6-19-20-8-11-24(27,9-4-12-26)22(20,2)10-7-21(19)23(17,18)3/h17-21,26-27H,4-16H2,1-3H3/t17-,18-,19-,20-,21-,22-,23-,24-/m0/s1. The fourth-order valence-corrected chi connectivity index (χ4v) is 9.33. The molecule has 0 unspecified atom stereocenters. The average molecular weight is 407 g/mol. The summed E-state index contributed by atoms with van der Waals surface area (Å²) >= 11 is 0. The molecule has 1 aliphatic heterocycles. The first-order chi connectivity index (χ1) is 13.8. The Morgan fingerprint density at radius 1 is 0.931 bits per heavy atom. The summed E-state index contributed by atoms with van der Waals surface area (Å²) in [5.74, 6) is 3.19. The lowest BCUT2D eigenvalue weighted by Gasteiger charge is -2.64. The van der Waals surface area contributed by atoms with E-state index in [4.69, 9.17) is 9.47 Å². The van der Waals surface area contributed by atoms with Gasteiger partial charge in [0.15, 0.2) is 5.79 Å². The van der Waals surface area contributed by atoms with Gasteiger partial charge >= 0.3 is 0 Å². The molecule has 0 aromatic rings. The van der Waals surface area contributed by atoms with Gasteiger partial charge in [0.2, 0.25) is 0 Å². The smallest absolute Gasteiger partial charge is 0.169 e. The second-order valence-corrected chi connectivity index (χ2v) is 11.8. The van der Waals surface area contributed by atoms with Crippen LogP contribution in [-0.2, 0) is 9.47 Å². The van der Waals surface area contributed by atoms with Gasteiger partial charge in [-0.2, -0.15) is 0 Å². The van der Waals surface area contributed by atoms with Crippen molar-refractivity contribution in [2.24, 2.45) is 40.4 Å². The lowest BCUT2D eigenvalue weighted by molar-refractivity contribution is -0.250. The van der Waals surface area contributed by atoms with Crippen LogP contribution in [0.2, 0.25) is 0 Å². The molecule has 8 atom stereocenters. The minimum absolute atomic E-state index is 0.0311. The maximum Gasteiger partial charge on any atom is 0.169 e. The number of aliphatic hydroxyl groups excluding tert-OH is 1. The first-order valence-electron chi connectivity index (χ1n) is 12.4. The van der Waals surface area contributed by atoms with Gasteiger partial charge in [0.1, 0.15) is 0 Å². The zero-order valence-corrected chi connectivity index (χ0v) is 18.8. The molecule has 1 spiro atoms. The monoisotopic (exact) mass is 406 g/mol. The summed E-state index contributed by atoms with van der Waals surface area (Å²) < 4.78 is 12.3. The van der Waals surface area contributed by atoms with Crippen LogP contribution in [0.1, 0.15) is 85.0 Å². The van der Waals surface area contributed by atoms with Crippen molar-refractivity contribution in [3.05, 3.63) is 0 Å². The molecule has 166 valence electrons. The van der Waals surface area contributed by atoms with Crippen molar-refractivity contribution in [3.63, 3.8) is 0 Å². The highest BCUT2D eigenvalue weighted by atomic mass is 16.7. The number of hydrogen-bond acceptors (Lipinski definition) is 4. The fourth-order valence-electron chi connectivity index (χ4n) is 9.33. The third-order valence-electron chi connectivity index (χ3n) is 11.1. The van der Waals surface area contributed by atoms with Crippen LogP contribution in [0, 0.1) is 40.4 Å². The van der Waals surface area contributed by atoms with Crippen molar-refractivity contribution in [2.75, 3.05) is 19.8 Å². The molecule has 5 aliphatic rings. The van der Waals surface area contributed by atoms with Crippen LogP contribution < -0.4 is 0 Å². The first kappa shape index (κ1) is 20.7. The summed E-state index contributed by atoms with van der Waals surface area (Å²) in [6.45, 7) is 9.15. The molecule has 2 N–H and O–H groups in total. The molecule has 1 heterocycles. The molecular formula is C25H42O4. The largest absolute Gasteiger partial charge is 0.396 e. The van der Waals surface area contributed by atoms with E-state index in [0.29, 0.717) is 23.2 Å². The van der Waals surface area contributed by atoms with Crippen LogP contribution in [0.5, 0.6) is 0 Å². The highest BCUT2D eigenvalue weighted by molar-refractivity contribution is 5.15. The van der Waals surface area contributed by atoms with Gasteiger partial charge < -0.3 is 19.7 Å². The predicted molar refractivity (Wildman–Crippen MR) is 112 cm³/mol. The van der Waals surface area contributed by atoms with Crippen molar-refractivity contribution in [1.29, 1.82) is 0 Å². The third kappa shape index (κ3) is 2.78.